The minimum atomic E-state index is -0.145. The van der Waals surface area contributed by atoms with Crippen LogP contribution in [0.25, 0.3) is 0 Å². The molecule has 152 valence electrons. The number of aromatic hydroxyl groups is 1. The van der Waals surface area contributed by atoms with E-state index in [4.69, 9.17) is 4.74 Å². The molecule has 4 rings (SSSR count). The second-order valence-electron chi connectivity index (χ2n) is 7.11. The van der Waals surface area contributed by atoms with E-state index in [2.05, 4.69) is 5.32 Å². The molecule has 0 bridgehead atoms. The zero-order valence-electron chi connectivity index (χ0n) is 16.4. The Morgan fingerprint density at radius 1 is 0.967 bits per heavy atom. The van der Waals surface area contributed by atoms with Gasteiger partial charge in [0.15, 0.2) is 6.61 Å². The normalized spacial score (nSPS) is 12.8. The number of ether oxygens (including phenoxy) is 1. The standard InChI is InChI=1S/C24H22N2O4/c27-20-11-7-17(8-12-20)13-14-25-24(29)19-9-5-18(6-10-19)15-26-21-3-1-2-4-22(21)30-16-23(26)28/h1-12,27H,13-16H2,(H,25,29). The average Bonchev–Trinajstić information content (AvgIpc) is 2.77. The molecule has 0 saturated carbocycles. The van der Waals surface area contributed by atoms with Gasteiger partial charge >= 0.3 is 0 Å². The zero-order valence-corrected chi connectivity index (χ0v) is 16.4. The van der Waals surface area contributed by atoms with Crippen molar-refractivity contribution in [1.29, 1.82) is 0 Å². The van der Waals surface area contributed by atoms with Crippen LogP contribution in [-0.4, -0.2) is 30.1 Å². The van der Waals surface area contributed by atoms with Gasteiger partial charge in [-0.05, 0) is 53.9 Å². The van der Waals surface area contributed by atoms with Gasteiger partial charge in [-0.3, -0.25) is 9.59 Å². The molecule has 3 aromatic carbocycles. The van der Waals surface area contributed by atoms with Crippen LogP contribution in [-0.2, 0) is 17.8 Å². The van der Waals surface area contributed by atoms with Gasteiger partial charge in [0.25, 0.3) is 11.8 Å². The third kappa shape index (κ3) is 4.43. The molecule has 0 aliphatic carbocycles. The van der Waals surface area contributed by atoms with Crippen molar-refractivity contribution in [2.45, 2.75) is 13.0 Å². The van der Waals surface area contributed by atoms with Gasteiger partial charge in [-0.15, -0.1) is 0 Å². The van der Waals surface area contributed by atoms with Gasteiger partial charge < -0.3 is 20.1 Å². The second-order valence-corrected chi connectivity index (χ2v) is 7.11. The summed E-state index contributed by atoms with van der Waals surface area (Å²) < 4.78 is 5.47. The minimum absolute atomic E-state index is 0.0263. The first-order chi connectivity index (χ1) is 14.6. The molecule has 6 nitrogen and oxygen atoms in total. The fourth-order valence-electron chi connectivity index (χ4n) is 3.36. The summed E-state index contributed by atoms with van der Waals surface area (Å²) in [4.78, 5) is 26.4. The number of anilines is 1. The van der Waals surface area contributed by atoms with Crippen molar-refractivity contribution in [2.24, 2.45) is 0 Å². The third-order valence-corrected chi connectivity index (χ3v) is 5.00. The van der Waals surface area contributed by atoms with Crippen LogP contribution in [0, 0.1) is 0 Å². The molecule has 3 aromatic rings. The quantitative estimate of drug-likeness (QED) is 0.663. The molecule has 0 spiro atoms. The Kier molecular flexibility index (Phi) is 5.66. The molecule has 0 unspecified atom stereocenters. The molecular weight excluding hydrogens is 380 g/mol. The van der Waals surface area contributed by atoms with Crippen LogP contribution in [0.2, 0.25) is 0 Å². The molecule has 1 aliphatic heterocycles. The molecule has 1 heterocycles. The maximum Gasteiger partial charge on any atom is 0.265 e. The molecule has 2 N–H and O–H groups in total. The van der Waals surface area contributed by atoms with Crippen LogP contribution >= 0.6 is 0 Å². The maximum absolute atomic E-state index is 12.4. The van der Waals surface area contributed by atoms with Crippen molar-refractivity contribution in [2.75, 3.05) is 18.1 Å². The predicted octanol–water partition coefficient (Wildman–Crippen LogP) is 3.29. The fraction of sp³-hybridized carbons (Fsp3) is 0.167. The smallest absolute Gasteiger partial charge is 0.265 e. The summed E-state index contributed by atoms with van der Waals surface area (Å²) in [5, 5.41) is 12.2. The summed E-state index contributed by atoms with van der Waals surface area (Å²) in [7, 11) is 0. The summed E-state index contributed by atoms with van der Waals surface area (Å²) in [6.45, 7) is 0.949. The minimum Gasteiger partial charge on any atom is -0.508 e. The number of amides is 2. The van der Waals surface area contributed by atoms with E-state index in [0.29, 0.717) is 30.8 Å². The number of nitrogens with one attached hydrogen (secondary N) is 1. The summed E-state index contributed by atoms with van der Waals surface area (Å²) in [6.07, 6.45) is 0.683. The van der Waals surface area contributed by atoms with E-state index in [1.165, 1.54) is 0 Å². The molecule has 30 heavy (non-hydrogen) atoms. The van der Waals surface area contributed by atoms with Gasteiger partial charge in [0, 0.05) is 12.1 Å². The lowest BCUT2D eigenvalue weighted by atomic mass is 10.1. The van der Waals surface area contributed by atoms with Crippen molar-refractivity contribution in [3.8, 4) is 11.5 Å². The Balaban J connectivity index is 1.35. The monoisotopic (exact) mass is 402 g/mol. The van der Waals surface area contributed by atoms with E-state index < -0.39 is 0 Å². The van der Waals surface area contributed by atoms with Gasteiger partial charge in [0.2, 0.25) is 0 Å². The molecular formula is C24H22N2O4. The van der Waals surface area contributed by atoms with Gasteiger partial charge in [-0.2, -0.15) is 0 Å². The SMILES string of the molecule is O=C(NCCc1ccc(O)cc1)c1ccc(CN2C(=O)COc3ccccc32)cc1. The van der Waals surface area contributed by atoms with Crippen molar-refractivity contribution >= 4 is 17.5 Å². The summed E-state index contributed by atoms with van der Waals surface area (Å²) in [5.74, 6) is 0.685. The van der Waals surface area contributed by atoms with Crippen LogP contribution in [0.3, 0.4) is 0 Å². The number of fused-ring (bicyclic) bond motifs is 1. The summed E-state index contributed by atoms with van der Waals surface area (Å²) >= 11 is 0. The first-order valence-corrected chi connectivity index (χ1v) is 9.77. The van der Waals surface area contributed by atoms with Gasteiger partial charge in [0.1, 0.15) is 11.5 Å². The van der Waals surface area contributed by atoms with Crippen molar-refractivity contribution in [3.05, 3.63) is 89.5 Å². The molecule has 2 amide bonds. The molecule has 0 saturated heterocycles. The molecule has 6 heteroatoms. The highest BCUT2D eigenvalue weighted by molar-refractivity contribution is 5.98. The Hall–Kier alpha value is -3.80. The number of hydrogen-bond acceptors (Lipinski definition) is 4. The van der Waals surface area contributed by atoms with E-state index in [1.54, 1.807) is 29.2 Å². The van der Waals surface area contributed by atoms with E-state index in [0.717, 1.165) is 16.8 Å². The molecule has 1 aliphatic rings. The Morgan fingerprint density at radius 3 is 2.43 bits per heavy atom. The predicted molar refractivity (Wildman–Crippen MR) is 114 cm³/mol. The topological polar surface area (TPSA) is 78.9 Å². The highest BCUT2D eigenvalue weighted by Gasteiger charge is 2.25. The number of rotatable bonds is 6. The number of nitrogens with zero attached hydrogens (tertiary/aromatic N) is 1. The number of phenols is 1. The summed E-state index contributed by atoms with van der Waals surface area (Å²) in [6, 6.07) is 21.7. The zero-order chi connectivity index (χ0) is 20.9. The number of benzene rings is 3. The second kappa shape index (κ2) is 8.69. The number of hydrogen-bond donors (Lipinski definition) is 2. The number of para-hydroxylation sites is 2. The number of phenolic OH excluding ortho intramolecular Hbond substituents is 1. The summed E-state index contributed by atoms with van der Waals surface area (Å²) in [5.41, 5.74) is 3.29. The number of carbonyl (C=O) groups is 2. The van der Waals surface area contributed by atoms with Crippen molar-refractivity contribution in [3.63, 3.8) is 0 Å². The lowest BCUT2D eigenvalue weighted by molar-refractivity contribution is -0.121. The van der Waals surface area contributed by atoms with Crippen LogP contribution < -0.4 is 15.0 Å². The van der Waals surface area contributed by atoms with Crippen LogP contribution in [0.15, 0.2) is 72.8 Å². The Bertz CT molecular complexity index is 1050. The molecule has 0 radical (unpaired) electrons. The lowest BCUT2D eigenvalue weighted by Crippen LogP contribution is -2.38. The van der Waals surface area contributed by atoms with Crippen molar-refractivity contribution in [1.82, 2.24) is 5.32 Å². The number of carbonyl (C=O) groups excluding carboxylic acids is 2. The Morgan fingerprint density at radius 2 is 1.67 bits per heavy atom. The van der Waals surface area contributed by atoms with E-state index >= 15 is 0 Å². The lowest BCUT2D eigenvalue weighted by Gasteiger charge is -2.29. The van der Waals surface area contributed by atoms with Crippen LogP contribution in [0.5, 0.6) is 11.5 Å². The van der Waals surface area contributed by atoms with E-state index in [1.807, 2.05) is 48.5 Å². The van der Waals surface area contributed by atoms with E-state index in [9.17, 15) is 14.7 Å². The van der Waals surface area contributed by atoms with Crippen molar-refractivity contribution < 1.29 is 19.4 Å². The molecule has 0 fully saturated rings. The first-order valence-electron chi connectivity index (χ1n) is 9.77. The molecule has 0 aromatic heterocycles. The van der Waals surface area contributed by atoms with Gasteiger partial charge in [-0.1, -0.05) is 36.4 Å². The largest absolute Gasteiger partial charge is 0.508 e. The van der Waals surface area contributed by atoms with E-state index in [-0.39, 0.29) is 24.2 Å². The highest BCUT2D eigenvalue weighted by Crippen LogP contribution is 2.32. The Labute approximate surface area is 174 Å². The van der Waals surface area contributed by atoms with Crippen LogP contribution in [0.1, 0.15) is 21.5 Å². The van der Waals surface area contributed by atoms with Gasteiger partial charge in [0.05, 0.1) is 12.2 Å². The average molecular weight is 402 g/mol. The van der Waals surface area contributed by atoms with Gasteiger partial charge in [-0.25, -0.2) is 0 Å². The third-order valence-electron chi connectivity index (χ3n) is 5.00. The highest BCUT2D eigenvalue weighted by atomic mass is 16.5. The fourth-order valence-corrected chi connectivity index (χ4v) is 3.36. The first kappa shape index (κ1) is 19.5. The molecule has 0 atom stereocenters. The maximum atomic E-state index is 12.4. The van der Waals surface area contributed by atoms with Crippen LogP contribution in [0.4, 0.5) is 5.69 Å².